The molecule has 1 aromatic carbocycles. The molecule has 15 heavy (non-hydrogen) atoms. The van der Waals surface area contributed by atoms with Crippen LogP contribution in [0.15, 0.2) is 33.1 Å². The second-order valence-corrected chi connectivity index (χ2v) is 6.52. The summed E-state index contributed by atoms with van der Waals surface area (Å²) >= 11 is 4.37. The maximum atomic E-state index is 11.0. The minimum atomic E-state index is -3.32. The molecule has 0 saturated carbocycles. The van der Waals surface area contributed by atoms with Gasteiger partial charge in [0.25, 0.3) is 15.3 Å². The minimum Gasteiger partial charge on any atom is -0.432 e. The van der Waals surface area contributed by atoms with Gasteiger partial charge in [0.15, 0.2) is 0 Å². The maximum absolute atomic E-state index is 11.0. The number of sulfonamides is 1. The molecule has 0 N–H and O–H groups in total. The second-order valence-electron chi connectivity index (χ2n) is 2.73. The molecule has 4 nitrogen and oxygen atoms in total. The van der Waals surface area contributed by atoms with Crippen molar-refractivity contribution in [3.8, 4) is 5.75 Å². The molecule has 7 heteroatoms. The van der Waals surface area contributed by atoms with Crippen LogP contribution < -0.4 is 4.74 Å². The molecular formula is C8H6BrNO3S2. The molecule has 0 unspecified atom stereocenters. The van der Waals surface area contributed by atoms with E-state index >= 15 is 0 Å². The third-order valence-corrected chi connectivity index (χ3v) is 4.88. The zero-order valence-electron chi connectivity index (χ0n) is 7.38. The third kappa shape index (κ3) is 2.73. The lowest BCUT2D eigenvalue weighted by molar-refractivity contribution is 0.562. The van der Waals surface area contributed by atoms with Crippen LogP contribution in [-0.2, 0) is 10.0 Å². The Morgan fingerprint density at radius 3 is 2.73 bits per heavy atom. The van der Waals surface area contributed by atoms with E-state index < -0.39 is 10.0 Å². The summed E-state index contributed by atoms with van der Waals surface area (Å²) in [6, 6.07) is 7.19. The van der Waals surface area contributed by atoms with Gasteiger partial charge in [-0.25, -0.2) is 8.42 Å². The Hall–Kier alpha value is -0.530. The van der Waals surface area contributed by atoms with E-state index in [0.717, 1.165) is 16.2 Å². The number of ether oxygens (including phenoxy) is 1. The predicted octanol–water partition coefficient (Wildman–Crippen LogP) is 2.22. The highest BCUT2D eigenvalue weighted by atomic mass is 79.9. The zero-order valence-corrected chi connectivity index (χ0v) is 10.6. The Balaban J connectivity index is 2.21. The third-order valence-electron chi connectivity index (χ3n) is 1.58. The van der Waals surface area contributed by atoms with Crippen molar-refractivity contribution in [2.75, 3.05) is 5.08 Å². The van der Waals surface area contributed by atoms with Crippen LogP contribution in [0.3, 0.4) is 0 Å². The van der Waals surface area contributed by atoms with Crippen LogP contribution >= 0.6 is 27.7 Å². The number of halogens is 1. The lowest BCUT2D eigenvalue weighted by Crippen LogP contribution is -2.00. The number of benzene rings is 1. The number of para-hydroxylation sites is 1. The molecule has 1 aliphatic rings. The highest BCUT2D eigenvalue weighted by Crippen LogP contribution is 2.28. The Labute approximate surface area is 99.9 Å². The maximum Gasteiger partial charge on any atom is 0.268 e. The summed E-state index contributed by atoms with van der Waals surface area (Å²) < 4.78 is 31.6. The molecule has 1 aromatic rings. The molecule has 80 valence electrons. The molecule has 0 aromatic heterocycles. The van der Waals surface area contributed by atoms with Gasteiger partial charge in [0.05, 0.1) is 4.47 Å². The van der Waals surface area contributed by atoms with Crippen molar-refractivity contribution in [2.45, 2.75) is 0 Å². The van der Waals surface area contributed by atoms with Gasteiger partial charge in [0.2, 0.25) is 0 Å². The monoisotopic (exact) mass is 307 g/mol. The average Bonchev–Trinajstić information content (AvgIpc) is 2.50. The van der Waals surface area contributed by atoms with Crippen LogP contribution in [0.2, 0.25) is 0 Å². The molecule has 0 fully saturated rings. The Morgan fingerprint density at radius 1 is 1.40 bits per heavy atom. The predicted molar refractivity (Wildman–Crippen MR) is 63.6 cm³/mol. The van der Waals surface area contributed by atoms with E-state index in [9.17, 15) is 8.42 Å². The highest BCUT2D eigenvalue weighted by Gasteiger charge is 2.23. The Kier molecular flexibility index (Phi) is 3.03. The number of hydrogen-bond donors (Lipinski definition) is 0. The van der Waals surface area contributed by atoms with Crippen molar-refractivity contribution >= 4 is 42.9 Å². The van der Waals surface area contributed by atoms with Crippen LogP contribution in [0.5, 0.6) is 5.75 Å². The summed E-state index contributed by atoms with van der Waals surface area (Å²) in [5.74, 6) is 0.556. The Morgan fingerprint density at radius 2 is 2.13 bits per heavy atom. The van der Waals surface area contributed by atoms with Crippen molar-refractivity contribution in [3.05, 3.63) is 28.7 Å². The first kappa shape index (κ1) is 11.0. The van der Waals surface area contributed by atoms with Gasteiger partial charge in [-0.3, -0.25) is 0 Å². The molecule has 0 amide bonds. The van der Waals surface area contributed by atoms with Crippen LogP contribution in [0.1, 0.15) is 0 Å². The van der Waals surface area contributed by atoms with Crippen molar-refractivity contribution in [3.63, 3.8) is 0 Å². The molecule has 2 rings (SSSR count). The van der Waals surface area contributed by atoms with Gasteiger partial charge >= 0.3 is 0 Å². The summed E-state index contributed by atoms with van der Waals surface area (Å²) in [6.45, 7) is 0. The van der Waals surface area contributed by atoms with E-state index in [1.165, 1.54) is 0 Å². The van der Waals surface area contributed by atoms with Crippen LogP contribution in [0, 0.1) is 0 Å². The minimum absolute atomic E-state index is 0.0488. The fourth-order valence-corrected chi connectivity index (χ4v) is 3.50. The van der Waals surface area contributed by atoms with Crippen molar-refractivity contribution < 1.29 is 13.2 Å². The number of thioether (sulfide) groups is 1. The largest absolute Gasteiger partial charge is 0.432 e. The van der Waals surface area contributed by atoms with Gasteiger partial charge in [-0.15, -0.1) is 4.40 Å². The van der Waals surface area contributed by atoms with E-state index in [1.807, 2.05) is 12.1 Å². The quantitative estimate of drug-likeness (QED) is 0.798. The van der Waals surface area contributed by atoms with Gasteiger partial charge < -0.3 is 4.74 Å². The van der Waals surface area contributed by atoms with Gasteiger partial charge in [-0.05, 0) is 39.8 Å². The molecule has 0 radical (unpaired) electrons. The fourth-order valence-electron chi connectivity index (χ4n) is 0.961. The topological polar surface area (TPSA) is 55.7 Å². The zero-order chi connectivity index (χ0) is 10.9. The molecule has 1 heterocycles. The number of hydrogen-bond acceptors (Lipinski definition) is 4. The summed E-state index contributed by atoms with van der Waals surface area (Å²) in [4.78, 5) is 0. The van der Waals surface area contributed by atoms with Gasteiger partial charge in [0, 0.05) is 0 Å². The first-order valence-electron chi connectivity index (χ1n) is 3.95. The van der Waals surface area contributed by atoms with Crippen LogP contribution in [0.25, 0.3) is 0 Å². The van der Waals surface area contributed by atoms with E-state index in [2.05, 4.69) is 20.3 Å². The van der Waals surface area contributed by atoms with Crippen LogP contribution in [0.4, 0.5) is 0 Å². The molecule has 0 bridgehead atoms. The number of rotatable bonds is 1. The van der Waals surface area contributed by atoms with E-state index in [4.69, 9.17) is 4.74 Å². The molecular weight excluding hydrogens is 302 g/mol. The summed E-state index contributed by atoms with van der Waals surface area (Å²) in [6.07, 6.45) is 0. The molecule has 0 spiro atoms. The average molecular weight is 308 g/mol. The first-order chi connectivity index (χ1) is 7.07. The van der Waals surface area contributed by atoms with Crippen LogP contribution in [-0.4, -0.2) is 18.7 Å². The van der Waals surface area contributed by atoms with E-state index in [-0.39, 0.29) is 10.3 Å². The lowest BCUT2D eigenvalue weighted by atomic mass is 10.3. The first-order valence-corrected chi connectivity index (χ1v) is 7.33. The molecule has 1 aliphatic heterocycles. The normalized spacial score (nSPS) is 18.6. The van der Waals surface area contributed by atoms with E-state index in [0.29, 0.717) is 5.75 Å². The van der Waals surface area contributed by atoms with Crippen molar-refractivity contribution in [1.29, 1.82) is 0 Å². The van der Waals surface area contributed by atoms with Crippen molar-refractivity contribution in [1.82, 2.24) is 0 Å². The van der Waals surface area contributed by atoms with Gasteiger partial charge in [-0.1, -0.05) is 12.1 Å². The standard InChI is InChI=1S/C8H6BrNO3S2/c9-6-3-1-2-4-7(6)13-8-10-15(11,12)5-14-8/h1-4H,5H2. The highest BCUT2D eigenvalue weighted by molar-refractivity contribution is 9.10. The molecule has 0 aliphatic carbocycles. The summed E-state index contributed by atoms with van der Waals surface area (Å²) in [7, 11) is -3.32. The summed E-state index contributed by atoms with van der Waals surface area (Å²) in [5.41, 5.74) is 0. The number of nitrogens with zero attached hydrogens (tertiary/aromatic N) is 1. The smallest absolute Gasteiger partial charge is 0.268 e. The van der Waals surface area contributed by atoms with E-state index in [1.54, 1.807) is 12.1 Å². The molecule has 0 atom stereocenters. The van der Waals surface area contributed by atoms with Gasteiger partial charge in [-0.2, -0.15) is 0 Å². The fraction of sp³-hybridized carbons (Fsp3) is 0.125. The SMILES string of the molecule is O=S1(=O)CSC(Oc2ccccc2Br)=N1. The molecule has 0 saturated heterocycles. The van der Waals surface area contributed by atoms with Crippen molar-refractivity contribution in [2.24, 2.45) is 4.40 Å². The van der Waals surface area contributed by atoms with Gasteiger partial charge in [0.1, 0.15) is 10.8 Å². The summed E-state index contributed by atoms with van der Waals surface area (Å²) in [5, 5.41) is 0.120. The second kappa shape index (κ2) is 4.15. The Bertz CT molecular complexity index is 512. The lowest BCUT2D eigenvalue weighted by Gasteiger charge is -2.04.